The molecule has 2 aromatic rings. The molecule has 2 aliphatic carbocycles. The van der Waals surface area contributed by atoms with Gasteiger partial charge in [-0.05, 0) is 66.2 Å². The number of hydrogen-bond donors (Lipinski definition) is 0. The smallest absolute Gasteiger partial charge is 0.0615 e. The standard InChI is InChI=1S/C26H29N/c1-3-10-18(11-4-1)24-22-16-9-15-21-20-14-7-8-17-23(20)27(26(21)22)25(24)19-12-5-2-6-13-19/h1-6,10-13,20-21,23,25-26H,7-9,14-17H2/t20-,21?,23-,25?,26?/m0/s1. The van der Waals surface area contributed by atoms with Crippen LogP contribution in [0, 0.1) is 11.8 Å². The molecule has 5 atom stereocenters. The van der Waals surface area contributed by atoms with Gasteiger partial charge in [-0.1, -0.05) is 73.5 Å². The lowest BCUT2D eigenvalue weighted by atomic mass is 9.70. The van der Waals surface area contributed by atoms with Crippen molar-refractivity contribution in [1.82, 2.24) is 4.90 Å². The van der Waals surface area contributed by atoms with Gasteiger partial charge in [0.15, 0.2) is 0 Å². The summed E-state index contributed by atoms with van der Waals surface area (Å²) in [6.07, 6.45) is 9.92. The van der Waals surface area contributed by atoms with E-state index in [1.807, 2.05) is 0 Å². The summed E-state index contributed by atoms with van der Waals surface area (Å²) >= 11 is 0. The SMILES string of the molecule is c1ccc(C2=C3CCCC4C3N(C2c2ccccc2)[C@H]2CCCC[C@@H]42)cc1. The molecule has 1 heteroatoms. The van der Waals surface area contributed by atoms with Crippen molar-refractivity contribution in [1.29, 1.82) is 0 Å². The molecule has 0 N–H and O–H groups in total. The fraction of sp³-hybridized carbons (Fsp3) is 0.462. The van der Waals surface area contributed by atoms with E-state index in [0.29, 0.717) is 12.1 Å². The maximum Gasteiger partial charge on any atom is 0.0615 e. The van der Waals surface area contributed by atoms with Crippen LogP contribution in [-0.4, -0.2) is 17.0 Å². The number of fused-ring (bicyclic) bond motifs is 3. The average molecular weight is 356 g/mol. The molecule has 0 bridgehead atoms. The summed E-state index contributed by atoms with van der Waals surface area (Å²) < 4.78 is 0. The first-order chi connectivity index (χ1) is 13.4. The van der Waals surface area contributed by atoms with Crippen LogP contribution in [0.1, 0.15) is 62.1 Å². The minimum absolute atomic E-state index is 0.460. The molecule has 2 heterocycles. The molecule has 0 aromatic heterocycles. The molecule has 4 aliphatic rings. The minimum Gasteiger partial charge on any atom is -0.282 e. The zero-order valence-electron chi connectivity index (χ0n) is 16.1. The summed E-state index contributed by atoms with van der Waals surface area (Å²) in [5, 5.41) is 0. The lowest BCUT2D eigenvalue weighted by Crippen LogP contribution is -2.39. The molecule has 0 spiro atoms. The molecule has 3 fully saturated rings. The van der Waals surface area contributed by atoms with Gasteiger partial charge < -0.3 is 0 Å². The van der Waals surface area contributed by atoms with Crippen LogP contribution >= 0.6 is 0 Å². The van der Waals surface area contributed by atoms with Crippen molar-refractivity contribution >= 4 is 5.57 Å². The first-order valence-electron chi connectivity index (χ1n) is 11.0. The molecular formula is C26H29N. The summed E-state index contributed by atoms with van der Waals surface area (Å²) in [5.74, 6) is 1.86. The normalized spacial score (nSPS) is 35.2. The Bertz CT molecular complexity index is 852. The Labute approximate surface area is 163 Å². The van der Waals surface area contributed by atoms with E-state index in [1.165, 1.54) is 56.1 Å². The van der Waals surface area contributed by atoms with Gasteiger partial charge in [0.05, 0.1) is 6.04 Å². The van der Waals surface area contributed by atoms with Crippen LogP contribution < -0.4 is 0 Å². The molecule has 2 aliphatic heterocycles. The van der Waals surface area contributed by atoms with Gasteiger partial charge >= 0.3 is 0 Å². The lowest BCUT2D eigenvalue weighted by molar-refractivity contribution is 0.147. The lowest BCUT2D eigenvalue weighted by Gasteiger charge is -2.37. The molecule has 6 rings (SSSR count). The third-order valence-electron chi connectivity index (χ3n) is 7.90. The van der Waals surface area contributed by atoms with E-state index in [9.17, 15) is 0 Å². The van der Waals surface area contributed by atoms with E-state index in [1.54, 1.807) is 11.1 Å². The Morgan fingerprint density at radius 2 is 1.41 bits per heavy atom. The summed E-state index contributed by atoms with van der Waals surface area (Å²) in [5.41, 5.74) is 6.41. The van der Waals surface area contributed by atoms with Crippen molar-refractivity contribution in [3.05, 3.63) is 77.4 Å². The minimum atomic E-state index is 0.460. The highest BCUT2D eigenvalue weighted by molar-refractivity contribution is 5.78. The van der Waals surface area contributed by atoms with E-state index in [0.717, 1.165) is 17.9 Å². The summed E-state index contributed by atoms with van der Waals surface area (Å²) in [4.78, 5) is 3.00. The second kappa shape index (κ2) is 6.34. The van der Waals surface area contributed by atoms with E-state index in [-0.39, 0.29) is 0 Å². The Morgan fingerprint density at radius 1 is 0.704 bits per heavy atom. The Kier molecular flexibility index (Phi) is 3.79. The molecule has 0 amide bonds. The van der Waals surface area contributed by atoms with E-state index < -0.39 is 0 Å². The molecule has 2 aromatic carbocycles. The number of rotatable bonds is 2. The fourth-order valence-corrected chi connectivity index (χ4v) is 7.06. The second-order valence-corrected chi connectivity index (χ2v) is 9.08. The maximum atomic E-state index is 3.00. The van der Waals surface area contributed by atoms with Crippen LogP contribution in [0.25, 0.3) is 5.57 Å². The molecule has 1 nitrogen and oxygen atoms in total. The average Bonchev–Trinajstić information content (AvgIpc) is 3.27. The van der Waals surface area contributed by atoms with Gasteiger partial charge in [0, 0.05) is 12.1 Å². The zero-order chi connectivity index (χ0) is 17.8. The highest BCUT2D eigenvalue weighted by Crippen LogP contribution is 2.61. The van der Waals surface area contributed by atoms with Gasteiger partial charge in [-0.3, -0.25) is 4.90 Å². The van der Waals surface area contributed by atoms with E-state index in [2.05, 4.69) is 65.6 Å². The second-order valence-electron chi connectivity index (χ2n) is 9.08. The monoisotopic (exact) mass is 355 g/mol. The number of hydrogen-bond acceptors (Lipinski definition) is 1. The number of benzene rings is 2. The van der Waals surface area contributed by atoms with Gasteiger partial charge in [0.25, 0.3) is 0 Å². The molecule has 1 saturated heterocycles. The van der Waals surface area contributed by atoms with Crippen LogP contribution in [-0.2, 0) is 0 Å². The van der Waals surface area contributed by atoms with E-state index in [4.69, 9.17) is 0 Å². The van der Waals surface area contributed by atoms with Crippen molar-refractivity contribution in [2.24, 2.45) is 11.8 Å². The molecule has 0 radical (unpaired) electrons. The Balaban J connectivity index is 1.56. The van der Waals surface area contributed by atoms with Crippen LogP contribution in [0.3, 0.4) is 0 Å². The van der Waals surface area contributed by atoms with Crippen molar-refractivity contribution in [2.45, 2.75) is 63.1 Å². The molecule has 2 saturated carbocycles. The van der Waals surface area contributed by atoms with Crippen molar-refractivity contribution in [3.8, 4) is 0 Å². The highest BCUT2D eigenvalue weighted by Gasteiger charge is 2.58. The van der Waals surface area contributed by atoms with E-state index >= 15 is 0 Å². The van der Waals surface area contributed by atoms with Crippen molar-refractivity contribution in [2.75, 3.05) is 0 Å². The summed E-state index contributed by atoms with van der Waals surface area (Å²) in [6.45, 7) is 0. The van der Waals surface area contributed by atoms with Gasteiger partial charge in [0.2, 0.25) is 0 Å². The molecule has 27 heavy (non-hydrogen) atoms. The largest absolute Gasteiger partial charge is 0.282 e. The summed E-state index contributed by atoms with van der Waals surface area (Å²) in [6, 6.07) is 24.6. The Morgan fingerprint density at radius 3 is 2.22 bits per heavy atom. The van der Waals surface area contributed by atoms with Crippen LogP contribution in [0.5, 0.6) is 0 Å². The zero-order valence-corrected chi connectivity index (χ0v) is 16.1. The predicted molar refractivity (Wildman–Crippen MR) is 111 cm³/mol. The fourth-order valence-electron chi connectivity index (χ4n) is 7.06. The van der Waals surface area contributed by atoms with Crippen LogP contribution in [0.4, 0.5) is 0 Å². The number of nitrogens with zero attached hydrogens (tertiary/aromatic N) is 1. The van der Waals surface area contributed by atoms with Gasteiger partial charge in [-0.25, -0.2) is 0 Å². The van der Waals surface area contributed by atoms with Gasteiger partial charge in [-0.15, -0.1) is 0 Å². The third-order valence-corrected chi connectivity index (χ3v) is 7.90. The topological polar surface area (TPSA) is 3.24 Å². The van der Waals surface area contributed by atoms with Gasteiger partial charge in [0.1, 0.15) is 0 Å². The third kappa shape index (κ3) is 2.34. The molecular weight excluding hydrogens is 326 g/mol. The van der Waals surface area contributed by atoms with Crippen LogP contribution in [0.2, 0.25) is 0 Å². The first-order valence-corrected chi connectivity index (χ1v) is 11.0. The summed E-state index contributed by atoms with van der Waals surface area (Å²) in [7, 11) is 0. The quantitative estimate of drug-likeness (QED) is 0.616. The highest BCUT2D eigenvalue weighted by atomic mass is 15.3. The van der Waals surface area contributed by atoms with Crippen molar-refractivity contribution in [3.63, 3.8) is 0 Å². The Hall–Kier alpha value is -1.86. The van der Waals surface area contributed by atoms with Gasteiger partial charge in [-0.2, -0.15) is 0 Å². The molecule has 138 valence electrons. The van der Waals surface area contributed by atoms with Crippen molar-refractivity contribution < 1.29 is 0 Å². The molecule has 3 unspecified atom stereocenters. The van der Waals surface area contributed by atoms with Crippen LogP contribution in [0.15, 0.2) is 66.2 Å². The predicted octanol–water partition coefficient (Wildman–Crippen LogP) is 6.24. The first kappa shape index (κ1) is 16.1. The maximum absolute atomic E-state index is 3.00.